The lowest BCUT2D eigenvalue weighted by Crippen LogP contribution is -2.31. The van der Waals surface area contributed by atoms with Crippen LogP contribution in [-0.4, -0.2) is 14.0 Å². The summed E-state index contributed by atoms with van der Waals surface area (Å²) >= 11 is 0. The van der Waals surface area contributed by atoms with Gasteiger partial charge in [0, 0.05) is 0 Å². The van der Waals surface area contributed by atoms with E-state index in [0.29, 0.717) is 12.8 Å². The van der Waals surface area contributed by atoms with Gasteiger partial charge in [0.15, 0.2) is 0 Å². The number of rotatable bonds is 9. The van der Waals surface area contributed by atoms with Crippen molar-refractivity contribution < 1.29 is 16.8 Å². The normalized spacial score (nSPS) is 12.1. The largest absolute Gasteiger partial charge is 0.400 e. The fourth-order valence-corrected chi connectivity index (χ4v) is 2.70. The highest BCUT2D eigenvalue weighted by Gasteiger charge is 2.30. The maximum Gasteiger partial charge on any atom is 0.400 e. The van der Waals surface area contributed by atoms with Crippen molar-refractivity contribution in [2.75, 3.05) is 0 Å². The van der Waals surface area contributed by atoms with Crippen molar-refractivity contribution >= 4 is 10.4 Å². The summed E-state index contributed by atoms with van der Waals surface area (Å²) in [5.74, 6) is 0. The first-order valence-electron chi connectivity index (χ1n) is 6.26. The molecule has 0 aromatic heterocycles. The topological polar surface area (TPSA) is 52.6 Å². The molecule has 0 bridgehead atoms. The van der Waals surface area contributed by atoms with E-state index in [1.807, 2.05) is 18.2 Å². The van der Waals surface area contributed by atoms with Crippen molar-refractivity contribution in [1.82, 2.24) is 0 Å². The first-order chi connectivity index (χ1) is 9.41. The highest BCUT2D eigenvalue weighted by molar-refractivity contribution is 7.81. The van der Waals surface area contributed by atoms with Gasteiger partial charge in [0.05, 0.1) is 12.2 Å². The van der Waals surface area contributed by atoms with Gasteiger partial charge in [-0.2, -0.15) is 8.42 Å². The summed E-state index contributed by atoms with van der Waals surface area (Å²) in [5, 5.41) is 0. The molecule has 1 rings (SSSR count). The fourth-order valence-electron chi connectivity index (χ4n) is 1.75. The maximum absolute atomic E-state index is 11.9. The Bertz CT molecular complexity index is 524. The molecular weight excluding hydrogens is 276 g/mol. The number of benzene rings is 1. The third kappa shape index (κ3) is 5.69. The lowest BCUT2D eigenvalue weighted by Gasteiger charge is -2.25. The molecule has 20 heavy (non-hydrogen) atoms. The number of hydrogen-bond acceptors (Lipinski definition) is 4. The van der Waals surface area contributed by atoms with Gasteiger partial charge >= 0.3 is 10.4 Å². The van der Waals surface area contributed by atoms with Gasteiger partial charge in [-0.05, 0) is 25.3 Å². The van der Waals surface area contributed by atoms with Crippen molar-refractivity contribution in [1.29, 1.82) is 0 Å². The van der Waals surface area contributed by atoms with E-state index in [-0.39, 0.29) is 6.61 Å². The molecule has 0 saturated heterocycles. The average Bonchev–Trinajstić information content (AvgIpc) is 2.37. The Hall–Kier alpha value is -1.43. The van der Waals surface area contributed by atoms with Gasteiger partial charge in [0.1, 0.15) is 0 Å². The van der Waals surface area contributed by atoms with E-state index >= 15 is 0 Å². The molecule has 1 aromatic carbocycles. The summed E-state index contributed by atoms with van der Waals surface area (Å²) in [6, 6.07) is 9.03. The molecule has 0 aliphatic carbocycles. The molecule has 0 radical (unpaired) electrons. The Labute approximate surface area is 121 Å². The molecule has 0 aliphatic heterocycles. The molecule has 0 unspecified atom stereocenters. The summed E-state index contributed by atoms with van der Waals surface area (Å²) in [6.07, 6.45) is 3.98. The first-order valence-corrected chi connectivity index (χ1v) is 7.60. The second kappa shape index (κ2) is 7.38. The van der Waals surface area contributed by atoms with Gasteiger partial charge in [0.2, 0.25) is 0 Å². The average molecular weight is 296 g/mol. The van der Waals surface area contributed by atoms with Crippen LogP contribution in [0.1, 0.15) is 25.3 Å². The molecule has 1 aromatic rings. The summed E-state index contributed by atoms with van der Waals surface area (Å²) < 4.78 is 33.7. The minimum absolute atomic E-state index is 0.0541. The highest BCUT2D eigenvalue weighted by Crippen LogP contribution is 2.24. The molecule has 0 fully saturated rings. The van der Waals surface area contributed by atoms with Crippen molar-refractivity contribution in [2.45, 2.75) is 32.0 Å². The smallest absolute Gasteiger partial charge is 0.243 e. The first kappa shape index (κ1) is 16.6. The van der Waals surface area contributed by atoms with Crippen LogP contribution < -0.4 is 0 Å². The molecule has 0 aliphatic rings. The third-order valence-corrected chi connectivity index (χ3v) is 3.68. The zero-order chi connectivity index (χ0) is 15.1. The van der Waals surface area contributed by atoms with Crippen LogP contribution in [0.25, 0.3) is 0 Å². The summed E-state index contributed by atoms with van der Waals surface area (Å²) in [7, 11) is -4.08. The van der Waals surface area contributed by atoms with E-state index in [2.05, 4.69) is 13.2 Å². The Kier molecular flexibility index (Phi) is 6.13. The van der Waals surface area contributed by atoms with Crippen LogP contribution in [0.3, 0.4) is 0 Å². The standard InChI is InChI=1S/C15H20O4S/c1-4-11-15(3,12-5-2)19-20(16,17)18-13-14-9-7-6-8-10-14/h4-10H,1-2,11-13H2,3H3. The minimum Gasteiger partial charge on any atom is -0.243 e. The van der Waals surface area contributed by atoms with Crippen molar-refractivity contribution in [3.8, 4) is 0 Å². The van der Waals surface area contributed by atoms with Gasteiger partial charge in [-0.25, -0.2) is 8.37 Å². The number of hydrogen-bond donors (Lipinski definition) is 0. The predicted octanol–water partition coefficient (Wildman–Crippen LogP) is 3.38. The van der Waals surface area contributed by atoms with E-state index < -0.39 is 16.0 Å². The second-order valence-corrected chi connectivity index (χ2v) is 5.89. The molecule has 0 heterocycles. The molecule has 0 saturated carbocycles. The van der Waals surface area contributed by atoms with Crippen LogP contribution in [0, 0.1) is 0 Å². The molecule has 110 valence electrons. The van der Waals surface area contributed by atoms with Gasteiger partial charge in [-0.15, -0.1) is 13.2 Å². The van der Waals surface area contributed by atoms with Crippen LogP contribution >= 0.6 is 0 Å². The van der Waals surface area contributed by atoms with Crippen molar-refractivity contribution in [2.24, 2.45) is 0 Å². The quantitative estimate of drug-likeness (QED) is 0.656. The summed E-state index contributed by atoms with van der Waals surface area (Å²) in [6.45, 7) is 8.83. The third-order valence-electron chi connectivity index (χ3n) is 2.67. The van der Waals surface area contributed by atoms with Crippen molar-refractivity contribution in [3.05, 3.63) is 61.2 Å². The van der Waals surface area contributed by atoms with Crippen LogP contribution in [-0.2, 0) is 25.4 Å². The van der Waals surface area contributed by atoms with E-state index in [1.165, 1.54) is 0 Å². The summed E-state index contributed by atoms with van der Waals surface area (Å²) in [4.78, 5) is 0. The van der Waals surface area contributed by atoms with Crippen LogP contribution in [0.5, 0.6) is 0 Å². The Morgan fingerprint density at radius 1 is 1.15 bits per heavy atom. The molecule has 0 N–H and O–H groups in total. The van der Waals surface area contributed by atoms with E-state index in [9.17, 15) is 8.42 Å². The van der Waals surface area contributed by atoms with E-state index in [0.717, 1.165) is 5.56 Å². The van der Waals surface area contributed by atoms with Crippen LogP contribution in [0.4, 0.5) is 0 Å². The predicted molar refractivity (Wildman–Crippen MR) is 79.3 cm³/mol. The minimum atomic E-state index is -4.08. The summed E-state index contributed by atoms with van der Waals surface area (Å²) in [5.41, 5.74) is -0.159. The fraction of sp³-hybridized carbons (Fsp3) is 0.333. The van der Waals surface area contributed by atoms with Crippen LogP contribution in [0.2, 0.25) is 0 Å². The van der Waals surface area contributed by atoms with Crippen molar-refractivity contribution in [3.63, 3.8) is 0 Å². The molecule has 0 amide bonds. The van der Waals surface area contributed by atoms with E-state index in [4.69, 9.17) is 8.37 Å². The molecular formula is C15H20O4S. The van der Waals surface area contributed by atoms with E-state index in [1.54, 1.807) is 31.2 Å². The molecule has 0 spiro atoms. The van der Waals surface area contributed by atoms with Gasteiger partial charge < -0.3 is 0 Å². The monoisotopic (exact) mass is 296 g/mol. The Balaban J connectivity index is 2.68. The second-order valence-electron chi connectivity index (χ2n) is 4.67. The van der Waals surface area contributed by atoms with Crippen LogP contribution in [0.15, 0.2) is 55.6 Å². The lowest BCUT2D eigenvalue weighted by atomic mass is 9.99. The lowest BCUT2D eigenvalue weighted by molar-refractivity contribution is 0.0732. The van der Waals surface area contributed by atoms with Gasteiger partial charge in [0.25, 0.3) is 0 Å². The molecule has 0 atom stereocenters. The van der Waals surface area contributed by atoms with Gasteiger partial charge in [-0.1, -0.05) is 42.5 Å². The molecule has 5 heteroatoms. The Morgan fingerprint density at radius 2 is 1.70 bits per heavy atom. The SMILES string of the molecule is C=CCC(C)(CC=C)OS(=O)(=O)OCc1ccccc1. The maximum atomic E-state index is 11.9. The van der Waals surface area contributed by atoms with Gasteiger partial charge in [-0.3, -0.25) is 0 Å². The molecule has 4 nitrogen and oxygen atoms in total. The zero-order valence-electron chi connectivity index (χ0n) is 11.6. The highest BCUT2D eigenvalue weighted by atomic mass is 32.3. The Morgan fingerprint density at radius 3 is 2.20 bits per heavy atom. The zero-order valence-corrected chi connectivity index (χ0v) is 12.4.